The molecule has 0 unspecified atom stereocenters. The summed E-state index contributed by atoms with van der Waals surface area (Å²) in [5.41, 5.74) is 1.35. The molecule has 0 bridgehead atoms. The predicted molar refractivity (Wildman–Crippen MR) is 81.5 cm³/mol. The third kappa shape index (κ3) is 2.65. The molecule has 1 saturated heterocycles. The van der Waals surface area contributed by atoms with Gasteiger partial charge in [-0.1, -0.05) is 19.0 Å². The van der Waals surface area contributed by atoms with E-state index in [9.17, 15) is 4.79 Å². The monoisotopic (exact) mass is 302 g/mol. The number of hydrogen-bond donors (Lipinski definition) is 0. The van der Waals surface area contributed by atoms with Crippen LogP contribution in [0.5, 0.6) is 0 Å². The molecule has 0 aromatic carbocycles. The lowest BCUT2D eigenvalue weighted by atomic mass is 10.1. The van der Waals surface area contributed by atoms with Gasteiger partial charge in [0.15, 0.2) is 0 Å². The Bertz CT molecular complexity index is 659. The second-order valence-electron chi connectivity index (χ2n) is 6.02. The highest BCUT2D eigenvalue weighted by atomic mass is 16.5. The summed E-state index contributed by atoms with van der Waals surface area (Å²) in [7, 11) is 0. The van der Waals surface area contributed by atoms with Crippen LogP contribution in [0, 0.1) is 0 Å². The van der Waals surface area contributed by atoms with Crippen LogP contribution in [0.3, 0.4) is 0 Å². The van der Waals surface area contributed by atoms with Crippen molar-refractivity contribution in [1.29, 1.82) is 0 Å². The van der Waals surface area contributed by atoms with Crippen molar-refractivity contribution in [2.75, 3.05) is 6.54 Å². The second-order valence-corrected chi connectivity index (χ2v) is 6.02. The van der Waals surface area contributed by atoms with Crippen LogP contribution in [0.25, 0.3) is 0 Å². The average Bonchev–Trinajstić information content (AvgIpc) is 3.24. The minimum absolute atomic E-state index is 0.00414. The van der Waals surface area contributed by atoms with Crippen molar-refractivity contribution in [3.8, 4) is 0 Å². The van der Waals surface area contributed by atoms with Gasteiger partial charge in [-0.05, 0) is 25.8 Å². The number of likely N-dealkylation sites (tertiary alicyclic amines) is 1. The SMILES string of the molecule is CCn1ccc(C(=O)N2CCC[C@H]2c2cc(C(C)C)on2)n1. The molecule has 1 amide bonds. The van der Waals surface area contributed by atoms with E-state index in [1.807, 2.05) is 24.1 Å². The topological polar surface area (TPSA) is 64.2 Å². The van der Waals surface area contributed by atoms with Crippen molar-refractivity contribution in [2.24, 2.45) is 0 Å². The maximum Gasteiger partial charge on any atom is 0.274 e. The molecule has 0 N–H and O–H groups in total. The summed E-state index contributed by atoms with van der Waals surface area (Å²) in [5.74, 6) is 1.14. The quantitative estimate of drug-likeness (QED) is 0.871. The lowest BCUT2D eigenvalue weighted by molar-refractivity contribution is 0.0724. The molecule has 3 heterocycles. The van der Waals surface area contributed by atoms with Crippen molar-refractivity contribution in [3.05, 3.63) is 35.5 Å². The number of aromatic nitrogens is 3. The van der Waals surface area contributed by atoms with Crippen LogP contribution in [0.2, 0.25) is 0 Å². The number of carbonyl (C=O) groups is 1. The number of nitrogens with zero attached hydrogens (tertiary/aromatic N) is 4. The second kappa shape index (κ2) is 5.94. The van der Waals surface area contributed by atoms with Crippen LogP contribution in [0.4, 0.5) is 0 Å². The molecular formula is C16H22N4O2. The Hall–Kier alpha value is -2.11. The van der Waals surface area contributed by atoms with Gasteiger partial charge in [-0.25, -0.2) is 0 Å². The Morgan fingerprint density at radius 2 is 2.32 bits per heavy atom. The zero-order chi connectivity index (χ0) is 15.7. The molecule has 6 nitrogen and oxygen atoms in total. The van der Waals surface area contributed by atoms with Gasteiger partial charge in [0, 0.05) is 31.3 Å². The van der Waals surface area contributed by atoms with E-state index in [1.54, 1.807) is 10.7 Å². The maximum absolute atomic E-state index is 12.7. The lowest BCUT2D eigenvalue weighted by Gasteiger charge is -2.21. The van der Waals surface area contributed by atoms with Crippen molar-refractivity contribution in [1.82, 2.24) is 19.8 Å². The zero-order valence-electron chi connectivity index (χ0n) is 13.3. The summed E-state index contributed by atoms with van der Waals surface area (Å²) in [6.45, 7) is 7.64. The largest absolute Gasteiger partial charge is 0.361 e. The molecule has 2 aromatic heterocycles. The first kappa shape index (κ1) is 14.8. The Labute approximate surface area is 130 Å². The van der Waals surface area contributed by atoms with E-state index >= 15 is 0 Å². The number of rotatable bonds is 4. The summed E-state index contributed by atoms with van der Waals surface area (Å²) in [4.78, 5) is 14.6. The Morgan fingerprint density at radius 1 is 1.50 bits per heavy atom. The van der Waals surface area contributed by atoms with E-state index in [4.69, 9.17) is 4.52 Å². The third-order valence-electron chi connectivity index (χ3n) is 4.15. The summed E-state index contributed by atoms with van der Waals surface area (Å²) in [5, 5.41) is 8.49. The summed E-state index contributed by atoms with van der Waals surface area (Å²) in [6.07, 6.45) is 3.74. The Morgan fingerprint density at radius 3 is 2.95 bits per heavy atom. The minimum Gasteiger partial charge on any atom is -0.361 e. The standard InChI is InChI=1S/C16H22N4O2/c1-4-19-9-7-12(17-19)16(21)20-8-5-6-14(20)13-10-15(11(2)3)22-18-13/h7,9-11,14H,4-6,8H2,1-3H3/t14-/m0/s1. The molecule has 1 fully saturated rings. The Kier molecular flexibility index (Phi) is 4.00. The summed E-state index contributed by atoms with van der Waals surface area (Å²) >= 11 is 0. The fraction of sp³-hybridized carbons (Fsp3) is 0.562. The molecule has 1 atom stereocenters. The molecule has 118 valence electrons. The molecule has 0 saturated carbocycles. The van der Waals surface area contributed by atoms with E-state index in [0.29, 0.717) is 11.6 Å². The van der Waals surface area contributed by atoms with Gasteiger partial charge in [0.2, 0.25) is 0 Å². The molecule has 1 aliphatic rings. The van der Waals surface area contributed by atoms with Gasteiger partial charge in [-0.2, -0.15) is 5.10 Å². The first-order valence-corrected chi connectivity index (χ1v) is 7.91. The van der Waals surface area contributed by atoms with E-state index in [0.717, 1.165) is 37.4 Å². The van der Waals surface area contributed by atoms with Gasteiger partial charge in [0.1, 0.15) is 17.1 Å². The van der Waals surface area contributed by atoms with E-state index in [1.165, 1.54) is 0 Å². The average molecular weight is 302 g/mol. The molecular weight excluding hydrogens is 280 g/mol. The number of hydrogen-bond acceptors (Lipinski definition) is 4. The summed E-state index contributed by atoms with van der Waals surface area (Å²) in [6, 6.07) is 3.75. The third-order valence-corrected chi connectivity index (χ3v) is 4.15. The fourth-order valence-corrected chi connectivity index (χ4v) is 2.85. The molecule has 1 aliphatic heterocycles. The summed E-state index contributed by atoms with van der Waals surface area (Å²) < 4.78 is 7.16. The Balaban J connectivity index is 1.81. The highest BCUT2D eigenvalue weighted by Crippen LogP contribution is 2.33. The zero-order valence-corrected chi connectivity index (χ0v) is 13.3. The van der Waals surface area contributed by atoms with E-state index in [-0.39, 0.29) is 11.9 Å². The number of amides is 1. The smallest absolute Gasteiger partial charge is 0.274 e. The van der Waals surface area contributed by atoms with Gasteiger partial charge in [0.25, 0.3) is 5.91 Å². The first-order valence-electron chi connectivity index (χ1n) is 7.91. The van der Waals surface area contributed by atoms with Crippen LogP contribution in [0.15, 0.2) is 22.9 Å². The normalized spacial score (nSPS) is 18.4. The van der Waals surface area contributed by atoms with Crippen molar-refractivity contribution in [2.45, 2.75) is 52.1 Å². The van der Waals surface area contributed by atoms with Crippen LogP contribution in [-0.4, -0.2) is 32.3 Å². The van der Waals surface area contributed by atoms with Gasteiger partial charge in [0.05, 0.1) is 6.04 Å². The maximum atomic E-state index is 12.7. The van der Waals surface area contributed by atoms with Gasteiger partial charge >= 0.3 is 0 Å². The predicted octanol–water partition coefficient (Wildman–Crippen LogP) is 2.99. The van der Waals surface area contributed by atoms with Crippen LogP contribution < -0.4 is 0 Å². The van der Waals surface area contributed by atoms with Crippen molar-refractivity contribution >= 4 is 5.91 Å². The number of aryl methyl sites for hydroxylation is 1. The van der Waals surface area contributed by atoms with Gasteiger partial charge in [-0.15, -0.1) is 0 Å². The molecule has 2 aromatic rings. The van der Waals surface area contributed by atoms with Crippen molar-refractivity contribution < 1.29 is 9.32 Å². The minimum atomic E-state index is -0.0243. The van der Waals surface area contributed by atoms with Gasteiger partial charge in [-0.3, -0.25) is 9.48 Å². The molecule has 3 rings (SSSR count). The van der Waals surface area contributed by atoms with Crippen LogP contribution in [0.1, 0.15) is 67.5 Å². The van der Waals surface area contributed by atoms with Crippen molar-refractivity contribution in [3.63, 3.8) is 0 Å². The van der Waals surface area contributed by atoms with Crippen LogP contribution >= 0.6 is 0 Å². The molecule has 0 spiro atoms. The highest BCUT2D eigenvalue weighted by molar-refractivity contribution is 5.92. The molecule has 22 heavy (non-hydrogen) atoms. The molecule has 0 radical (unpaired) electrons. The lowest BCUT2D eigenvalue weighted by Crippen LogP contribution is -2.31. The highest BCUT2D eigenvalue weighted by Gasteiger charge is 2.33. The fourth-order valence-electron chi connectivity index (χ4n) is 2.85. The van der Waals surface area contributed by atoms with Crippen LogP contribution in [-0.2, 0) is 6.54 Å². The molecule has 0 aliphatic carbocycles. The molecule has 6 heteroatoms. The van der Waals surface area contributed by atoms with E-state index < -0.39 is 0 Å². The first-order chi connectivity index (χ1) is 10.6. The van der Waals surface area contributed by atoms with E-state index in [2.05, 4.69) is 24.1 Å². The van der Waals surface area contributed by atoms with Gasteiger partial charge < -0.3 is 9.42 Å². The number of carbonyl (C=O) groups excluding carboxylic acids is 1.